The second-order valence-corrected chi connectivity index (χ2v) is 26.5. The zero-order valence-electron chi connectivity index (χ0n) is 55.7. The zero-order chi connectivity index (χ0) is 61.8. The highest BCUT2D eigenvalue weighted by atomic mass is 16.8. The normalized spacial score (nSPS) is 22.7. The van der Waals surface area contributed by atoms with Gasteiger partial charge in [-0.15, -0.1) is 0 Å². The van der Waals surface area contributed by atoms with Gasteiger partial charge < -0.3 is 54.3 Å². The molecule has 2 heterocycles. The molecular weight excluding hydrogens is 1070 g/mol. The van der Waals surface area contributed by atoms with Crippen LogP contribution in [0, 0.1) is 11.8 Å². The number of unbranched alkanes of at least 4 members (excludes halogenated alkanes) is 44. The van der Waals surface area contributed by atoms with Gasteiger partial charge in [-0.1, -0.05) is 336 Å². The lowest BCUT2D eigenvalue weighted by atomic mass is 9.94. The average molecular weight is 1210 g/mol. The third-order valence-corrected chi connectivity index (χ3v) is 18.7. The Bertz CT molecular complexity index is 1330. The van der Waals surface area contributed by atoms with Crippen molar-refractivity contribution in [1.82, 2.24) is 0 Å². The molecule has 0 radical (unpaired) electrons. The Labute approximate surface area is 521 Å². The summed E-state index contributed by atoms with van der Waals surface area (Å²) in [6.07, 6.45) is 45.4. The maximum atomic E-state index is 13.9. The van der Waals surface area contributed by atoms with E-state index >= 15 is 0 Å². The van der Waals surface area contributed by atoms with Gasteiger partial charge in [0.25, 0.3) is 0 Å². The molecule has 0 aromatic heterocycles. The van der Waals surface area contributed by atoms with Crippen molar-refractivity contribution in [2.24, 2.45) is 11.8 Å². The Kier molecular flexibility index (Phi) is 52.0. The Morgan fingerprint density at radius 2 is 0.471 bits per heavy atom. The molecule has 0 saturated carbocycles. The molecule has 85 heavy (non-hydrogen) atoms. The highest BCUT2D eigenvalue weighted by Crippen LogP contribution is 2.31. The smallest absolute Gasteiger partial charge is 0.309 e. The zero-order valence-corrected chi connectivity index (χ0v) is 55.7. The number of aliphatic hydroxyl groups excluding tert-OH is 6. The number of carbonyl (C=O) groups excluding carboxylic acids is 2. The van der Waals surface area contributed by atoms with E-state index in [0.717, 1.165) is 77.0 Å². The largest absolute Gasteiger partial charge is 0.463 e. The molecule has 0 bridgehead atoms. The van der Waals surface area contributed by atoms with Gasteiger partial charge in [0, 0.05) is 0 Å². The van der Waals surface area contributed by atoms with Crippen LogP contribution in [0.25, 0.3) is 0 Å². The first-order valence-electron chi connectivity index (χ1n) is 36.9. The van der Waals surface area contributed by atoms with Gasteiger partial charge in [-0.2, -0.15) is 0 Å². The summed E-state index contributed by atoms with van der Waals surface area (Å²) in [7, 11) is 0. The molecular formula is C72H138O13. The van der Waals surface area contributed by atoms with Crippen molar-refractivity contribution in [2.45, 2.75) is 423 Å². The standard InChI is InChI=1S/C72H138O13/c1-5-9-13-17-21-25-29-33-37-41-45-49-53-59(54-50-46-42-38-34-30-26-22-18-14-10-6-2)69(79)81-57-61-63(73)65(75)67(77)71(83-61)85-72-68(78)66(76)64(74)62(84-72)58-82-70(80)60(55-51-47-43-39-35-31-27-23-19-15-11-7-3)56-52-48-44-40-36-32-28-24-20-16-12-8-4/h59-68,71-78H,5-58H2,1-4H3/t61-,62-,63-,64-,65+,66+,67-,68-,71-,72-/m1/s1. The number of hydrogen-bond donors (Lipinski definition) is 6. The quantitative estimate of drug-likeness (QED) is 0.0248. The maximum absolute atomic E-state index is 13.9. The molecule has 0 spiro atoms. The molecule has 2 aliphatic rings. The summed E-state index contributed by atoms with van der Waals surface area (Å²) >= 11 is 0. The molecule has 10 atom stereocenters. The lowest BCUT2D eigenvalue weighted by molar-refractivity contribution is -0.376. The van der Waals surface area contributed by atoms with Crippen LogP contribution < -0.4 is 0 Å². The molecule has 0 amide bonds. The highest BCUT2D eigenvalue weighted by Gasteiger charge is 2.50. The van der Waals surface area contributed by atoms with Gasteiger partial charge in [-0.05, 0) is 25.7 Å². The topological polar surface area (TPSA) is 202 Å². The van der Waals surface area contributed by atoms with Gasteiger partial charge in [0.2, 0.25) is 0 Å². The van der Waals surface area contributed by atoms with Crippen LogP contribution in [-0.4, -0.2) is 117 Å². The van der Waals surface area contributed by atoms with Crippen LogP contribution >= 0.6 is 0 Å². The number of hydrogen-bond acceptors (Lipinski definition) is 13. The lowest BCUT2D eigenvalue weighted by Gasteiger charge is -2.44. The van der Waals surface area contributed by atoms with E-state index < -0.39 is 74.6 Å². The van der Waals surface area contributed by atoms with Crippen molar-refractivity contribution in [3.8, 4) is 0 Å². The fourth-order valence-electron chi connectivity index (χ4n) is 12.7. The molecule has 2 rings (SSSR count). The van der Waals surface area contributed by atoms with Crippen LogP contribution in [0.1, 0.15) is 362 Å². The summed E-state index contributed by atoms with van der Waals surface area (Å²) in [4.78, 5) is 27.7. The summed E-state index contributed by atoms with van der Waals surface area (Å²) in [5.41, 5.74) is 0. The van der Waals surface area contributed by atoms with Gasteiger partial charge in [-0.25, -0.2) is 0 Å². The van der Waals surface area contributed by atoms with Crippen molar-refractivity contribution >= 4 is 11.9 Å². The second-order valence-electron chi connectivity index (χ2n) is 26.5. The summed E-state index contributed by atoms with van der Waals surface area (Å²) in [5, 5.41) is 66.4. The van der Waals surface area contributed by atoms with Crippen LogP contribution in [0.4, 0.5) is 0 Å². The van der Waals surface area contributed by atoms with Gasteiger partial charge in [0.05, 0.1) is 11.8 Å². The van der Waals surface area contributed by atoms with Gasteiger partial charge >= 0.3 is 11.9 Å². The number of ether oxygens (including phenoxy) is 5. The fraction of sp³-hybridized carbons (Fsp3) is 0.972. The Hall–Kier alpha value is -1.42. The minimum Gasteiger partial charge on any atom is -0.463 e. The summed E-state index contributed by atoms with van der Waals surface area (Å²) in [6.45, 7) is 8.18. The van der Waals surface area contributed by atoms with E-state index in [2.05, 4.69) is 27.7 Å². The van der Waals surface area contributed by atoms with Crippen LogP contribution in [0.15, 0.2) is 0 Å². The highest BCUT2D eigenvalue weighted by molar-refractivity contribution is 5.72. The third kappa shape index (κ3) is 39.5. The van der Waals surface area contributed by atoms with Crippen molar-refractivity contribution in [2.75, 3.05) is 13.2 Å². The van der Waals surface area contributed by atoms with Crippen molar-refractivity contribution in [3.05, 3.63) is 0 Å². The molecule has 13 nitrogen and oxygen atoms in total. The first-order valence-corrected chi connectivity index (χ1v) is 36.9. The minimum absolute atomic E-state index is 0.321. The van der Waals surface area contributed by atoms with Crippen molar-refractivity contribution < 1.29 is 63.9 Å². The summed E-state index contributed by atoms with van der Waals surface area (Å²) in [5.74, 6) is -1.41. The number of carbonyl (C=O) groups is 2. The fourth-order valence-corrected chi connectivity index (χ4v) is 12.7. The van der Waals surface area contributed by atoms with Gasteiger partial charge in [0.1, 0.15) is 62.0 Å². The van der Waals surface area contributed by atoms with E-state index in [0.29, 0.717) is 25.7 Å². The average Bonchev–Trinajstić information content (AvgIpc) is 3.14. The number of esters is 2. The minimum atomic E-state index is -1.82. The van der Waals surface area contributed by atoms with Gasteiger partial charge in [0.15, 0.2) is 12.6 Å². The first kappa shape index (κ1) is 79.7. The molecule has 13 heteroatoms. The number of aliphatic hydroxyl groups is 6. The lowest BCUT2D eigenvalue weighted by Crippen LogP contribution is -2.64. The molecule has 504 valence electrons. The molecule has 2 aliphatic heterocycles. The Morgan fingerprint density at radius 1 is 0.282 bits per heavy atom. The SMILES string of the molecule is CCCCCCCCCCCCCCC(CCCCCCCCCCCCCC)C(=O)OC[C@H]1O[C@H](O[C@H]2O[C@H](COC(=O)C(CCCCCCCCCCCCCC)CCCCCCCCCCCCCC)[C@@H](O)[C@H](O)[C@H]2O)[C@H](O)[C@@H](O)[C@@H]1O. The Balaban J connectivity index is 1.99. The predicted octanol–water partition coefficient (Wildman–Crippen LogP) is 17.3. The van der Waals surface area contributed by atoms with Crippen molar-refractivity contribution in [3.63, 3.8) is 0 Å². The second kappa shape index (κ2) is 55.4. The van der Waals surface area contributed by atoms with E-state index in [1.807, 2.05) is 0 Å². The first-order chi connectivity index (χ1) is 41.5. The third-order valence-electron chi connectivity index (χ3n) is 18.7. The molecule has 6 N–H and O–H groups in total. The van der Waals surface area contributed by atoms with Crippen LogP contribution in [-0.2, 0) is 33.3 Å². The predicted molar refractivity (Wildman–Crippen MR) is 346 cm³/mol. The van der Waals surface area contributed by atoms with E-state index in [4.69, 9.17) is 23.7 Å². The van der Waals surface area contributed by atoms with Gasteiger partial charge in [-0.3, -0.25) is 9.59 Å². The van der Waals surface area contributed by atoms with Crippen LogP contribution in [0.5, 0.6) is 0 Å². The van der Waals surface area contributed by atoms with E-state index in [1.54, 1.807) is 0 Å². The molecule has 0 unspecified atom stereocenters. The molecule has 2 fully saturated rings. The molecule has 2 saturated heterocycles. The van der Waals surface area contributed by atoms with Crippen LogP contribution in [0.3, 0.4) is 0 Å². The van der Waals surface area contributed by atoms with E-state index in [9.17, 15) is 40.2 Å². The summed E-state index contributed by atoms with van der Waals surface area (Å²) in [6, 6.07) is 0. The molecule has 0 aromatic rings. The van der Waals surface area contributed by atoms with Crippen LogP contribution in [0.2, 0.25) is 0 Å². The number of rotatable bonds is 60. The molecule has 0 aromatic carbocycles. The van der Waals surface area contributed by atoms with E-state index in [1.165, 1.54) is 231 Å². The summed E-state index contributed by atoms with van der Waals surface area (Å²) < 4.78 is 29.5. The molecule has 0 aliphatic carbocycles. The Morgan fingerprint density at radius 3 is 0.671 bits per heavy atom. The van der Waals surface area contributed by atoms with E-state index in [-0.39, 0.29) is 23.8 Å². The monoisotopic (exact) mass is 1210 g/mol. The maximum Gasteiger partial charge on any atom is 0.309 e. The van der Waals surface area contributed by atoms with Crippen molar-refractivity contribution in [1.29, 1.82) is 0 Å².